The highest BCUT2D eigenvalue weighted by atomic mass is 31.2. The van der Waals surface area contributed by atoms with E-state index in [4.69, 9.17) is 0 Å². The quantitative estimate of drug-likeness (QED) is 0.0729. The molecule has 1 atom stereocenters. The Morgan fingerprint density at radius 2 is 1.09 bits per heavy atom. The van der Waals surface area contributed by atoms with Crippen molar-refractivity contribution in [1.29, 1.82) is 0 Å². The van der Waals surface area contributed by atoms with Gasteiger partial charge in [-0.15, -0.1) is 0 Å². The van der Waals surface area contributed by atoms with Gasteiger partial charge in [-0.05, 0) is 44.9 Å². The molecule has 0 heterocycles. The number of aliphatic hydroxyl groups is 1. The third-order valence-electron chi connectivity index (χ3n) is 5.79. The molecule has 1 unspecified atom stereocenters. The Bertz CT molecular complexity index is 551. The highest BCUT2D eigenvalue weighted by Crippen LogP contribution is 2.52. The number of hydrogen-bond acceptors (Lipinski definition) is 2. The molecule has 0 aliphatic carbocycles. The third kappa shape index (κ3) is 18.0. The first-order valence-electron chi connectivity index (χ1n) is 12.9. The first-order chi connectivity index (χ1) is 15.0. The fraction of sp³-hybridized carbons (Fsp3) is 0.846. The maximum Gasteiger partial charge on any atom is 0.362 e. The van der Waals surface area contributed by atoms with Crippen LogP contribution in [0.25, 0.3) is 0 Å². The summed E-state index contributed by atoms with van der Waals surface area (Å²) in [5.74, 6) is 0. The smallest absolute Gasteiger partial charge is 0.362 e. The topological polar surface area (TPSA) is 77.8 Å². The van der Waals surface area contributed by atoms with Gasteiger partial charge in [0.25, 0.3) is 0 Å². The zero-order valence-electron chi connectivity index (χ0n) is 21.5. The van der Waals surface area contributed by atoms with Gasteiger partial charge in [-0.25, -0.2) is 0 Å². The van der Waals surface area contributed by atoms with Gasteiger partial charge in [0.2, 0.25) is 5.34 Å². The van der Waals surface area contributed by atoms with E-state index in [1.807, 2.05) is 21.1 Å². The normalized spacial score (nSPS) is 15.1. The Morgan fingerprint density at radius 1 is 0.688 bits per heavy atom. The molecule has 32 heavy (non-hydrogen) atoms. The molecule has 0 spiro atoms. The molecule has 0 aromatic carbocycles. The van der Waals surface area contributed by atoms with Crippen molar-refractivity contribution >= 4 is 7.60 Å². The second-order valence-corrected chi connectivity index (χ2v) is 12.3. The fourth-order valence-electron chi connectivity index (χ4n) is 4.05. The van der Waals surface area contributed by atoms with Crippen molar-refractivity contribution in [2.24, 2.45) is 0 Å². The van der Waals surface area contributed by atoms with Gasteiger partial charge in [-0.1, -0.05) is 89.0 Å². The molecule has 190 valence electrons. The van der Waals surface area contributed by atoms with Crippen molar-refractivity contribution in [3.8, 4) is 0 Å². The molecule has 0 aromatic heterocycles. The van der Waals surface area contributed by atoms with Crippen LogP contribution in [0.4, 0.5) is 0 Å². The van der Waals surface area contributed by atoms with Crippen LogP contribution in [0, 0.1) is 0 Å². The number of nitrogens with zero attached hydrogens (tertiary/aromatic N) is 1. The predicted molar refractivity (Wildman–Crippen MR) is 138 cm³/mol. The molecule has 0 saturated heterocycles. The highest BCUT2D eigenvalue weighted by Gasteiger charge is 2.48. The number of unbranched alkanes of at least 4 members (excludes halogenated alkanes) is 12. The van der Waals surface area contributed by atoms with Crippen LogP contribution in [0.2, 0.25) is 0 Å². The van der Waals surface area contributed by atoms with Crippen LogP contribution in [-0.4, -0.2) is 52.4 Å². The second kappa shape index (κ2) is 18.0. The van der Waals surface area contributed by atoms with Crippen molar-refractivity contribution in [2.75, 3.05) is 27.7 Å². The lowest BCUT2D eigenvalue weighted by Crippen LogP contribution is -2.49. The first-order valence-corrected chi connectivity index (χ1v) is 14.5. The molecule has 0 fully saturated rings. The van der Waals surface area contributed by atoms with Gasteiger partial charge < -0.3 is 19.4 Å². The highest BCUT2D eigenvalue weighted by molar-refractivity contribution is 7.53. The number of rotatable bonds is 21. The number of hydrogen-bond donors (Lipinski definition) is 3. The summed E-state index contributed by atoms with van der Waals surface area (Å²) in [7, 11) is 0.974. The van der Waals surface area contributed by atoms with Crippen molar-refractivity contribution in [1.82, 2.24) is 0 Å². The number of allylic oxidation sites excluding steroid dienone is 4. The van der Waals surface area contributed by atoms with Gasteiger partial charge in [0.05, 0.1) is 21.1 Å². The van der Waals surface area contributed by atoms with E-state index in [-0.39, 0.29) is 13.0 Å². The van der Waals surface area contributed by atoms with Gasteiger partial charge in [0.1, 0.15) is 6.54 Å². The molecule has 5 nitrogen and oxygen atoms in total. The summed E-state index contributed by atoms with van der Waals surface area (Å²) < 4.78 is 12.1. The minimum atomic E-state index is -4.54. The van der Waals surface area contributed by atoms with Gasteiger partial charge in [-0.2, -0.15) is 0 Å². The summed E-state index contributed by atoms with van der Waals surface area (Å²) in [6.45, 7) is 2.23. The van der Waals surface area contributed by atoms with Crippen molar-refractivity contribution in [3.05, 3.63) is 24.3 Å². The minimum Gasteiger partial charge on any atom is -0.373 e. The Kier molecular flexibility index (Phi) is 17.7. The summed E-state index contributed by atoms with van der Waals surface area (Å²) in [5, 5.41) is 8.63. The summed E-state index contributed by atoms with van der Waals surface area (Å²) in [6, 6.07) is 0. The fourth-order valence-corrected chi connectivity index (χ4v) is 5.11. The van der Waals surface area contributed by atoms with Crippen LogP contribution in [0.3, 0.4) is 0 Å². The lowest BCUT2D eigenvalue weighted by atomic mass is 10.0. The minimum absolute atomic E-state index is 0.0597. The molecule has 0 rings (SSSR count). The molecule has 0 aromatic rings. The van der Waals surface area contributed by atoms with Gasteiger partial charge >= 0.3 is 7.60 Å². The largest absolute Gasteiger partial charge is 0.373 e. The summed E-state index contributed by atoms with van der Waals surface area (Å²) in [4.78, 5) is 19.2. The van der Waals surface area contributed by atoms with Crippen molar-refractivity contribution < 1.29 is 23.9 Å². The molecule has 6 heteroatoms. The molecule has 0 radical (unpaired) electrons. The molecule has 0 saturated carbocycles. The van der Waals surface area contributed by atoms with Gasteiger partial charge in [-0.3, -0.25) is 4.57 Å². The molecular weight excluding hydrogens is 421 g/mol. The number of quaternary nitrogens is 1. The van der Waals surface area contributed by atoms with E-state index >= 15 is 0 Å². The molecular formula is C26H53NO4P+. The van der Waals surface area contributed by atoms with E-state index in [0.29, 0.717) is 10.9 Å². The lowest BCUT2D eigenvalue weighted by molar-refractivity contribution is -0.875. The van der Waals surface area contributed by atoms with Crippen LogP contribution in [0.15, 0.2) is 24.3 Å². The summed E-state index contributed by atoms with van der Waals surface area (Å²) in [5.41, 5.74) is 0. The van der Waals surface area contributed by atoms with Gasteiger partial charge in [0, 0.05) is 0 Å². The average Bonchev–Trinajstić information content (AvgIpc) is 2.67. The van der Waals surface area contributed by atoms with E-state index in [1.165, 1.54) is 57.8 Å². The Hall–Kier alpha value is -0.450. The summed E-state index contributed by atoms with van der Waals surface area (Å²) >= 11 is 0. The monoisotopic (exact) mass is 474 g/mol. The molecule has 0 bridgehead atoms. The van der Waals surface area contributed by atoms with Crippen LogP contribution in [0.5, 0.6) is 0 Å². The van der Waals surface area contributed by atoms with Crippen LogP contribution < -0.4 is 0 Å². The lowest BCUT2D eigenvalue weighted by Gasteiger charge is -2.35. The molecule has 0 aliphatic heterocycles. The maximum atomic E-state index is 11.8. The zero-order valence-corrected chi connectivity index (χ0v) is 22.4. The van der Waals surface area contributed by atoms with Crippen molar-refractivity contribution in [3.63, 3.8) is 0 Å². The van der Waals surface area contributed by atoms with E-state index in [0.717, 1.165) is 32.1 Å². The Labute approximate surface area is 198 Å². The second-order valence-electron chi connectivity index (χ2n) is 10.3. The standard InChI is InChI=1S/C26H52NO4P/c1-5-6-7-8-9-10-11-12-13-14-15-16-17-18-19-20-21-22-23-24-26(28,32(29,30)31)25-27(2,3)4/h6-7,10-11,28H,5,8-9,12-25H2,1-4H3,(H-,29,30,31)/p+1/b7-6-,11-10-. The Balaban J connectivity index is 3.60. The number of likely N-dealkylation sites (N-methyl/N-ethyl adjacent to an activating group) is 1. The summed E-state index contributed by atoms with van der Waals surface area (Å²) in [6.07, 6.45) is 26.9. The van der Waals surface area contributed by atoms with Crippen LogP contribution >= 0.6 is 7.60 Å². The van der Waals surface area contributed by atoms with Crippen molar-refractivity contribution in [2.45, 2.75) is 115 Å². The van der Waals surface area contributed by atoms with E-state index in [2.05, 4.69) is 31.2 Å². The van der Waals surface area contributed by atoms with Crippen LogP contribution in [0.1, 0.15) is 110 Å². The maximum absolute atomic E-state index is 11.8. The third-order valence-corrected chi connectivity index (χ3v) is 7.24. The van der Waals surface area contributed by atoms with E-state index in [9.17, 15) is 19.5 Å². The molecule has 0 amide bonds. The SMILES string of the molecule is CC/C=C\CC/C=C\CCCCCCCCCCCCCC(O)(C[N+](C)(C)C)P(=O)(O)O. The molecule has 3 N–H and O–H groups in total. The zero-order chi connectivity index (χ0) is 24.3. The van der Waals surface area contributed by atoms with Crippen LogP contribution in [-0.2, 0) is 4.57 Å². The average molecular weight is 475 g/mol. The Morgan fingerprint density at radius 3 is 1.53 bits per heavy atom. The van der Waals surface area contributed by atoms with E-state index < -0.39 is 12.9 Å². The van der Waals surface area contributed by atoms with E-state index in [1.54, 1.807) is 0 Å². The predicted octanol–water partition coefficient (Wildman–Crippen LogP) is 6.93. The first kappa shape index (κ1) is 31.6. The van der Waals surface area contributed by atoms with Gasteiger partial charge in [0.15, 0.2) is 0 Å². The molecule has 0 aliphatic rings.